The molecule has 9 nitrogen and oxygen atoms in total. The highest BCUT2D eigenvalue weighted by Crippen LogP contribution is 2.30. The van der Waals surface area contributed by atoms with Crippen molar-refractivity contribution in [2.24, 2.45) is 0 Å². The Labute approximate surface area is 173 Å². The Bertz CT molecular complexity index is 1120. The van der Waals surface area contributed by atoms with Crippen LogP contribution in [0.2, 0.25) is 10.0 Å². The fraction of sp³-hybridized carbons (Fsp3) is 0.125. The molecule has 0 radical (unpaired) electrons. The maximum absolute atomic E-state index is 6.33. The second-order valence-electron chi connectivity index (χ2n) is 5.74. The second-order valence-corrected chi connectivity index (χ2v) is 7.62. The predicted octanol–water partition coefficient (Wildman–Crippen LogP) is 3.24. The molecule has 4 aromatic rings. The van der Waals surface area contributed by atoms with Gasteiger partial charge in [-0.3, -0.25) is 0 Å². The molecule has 0 bridgehead atoms. The number of aromatic nitrogens is 5. The van der Waals surface area contributed by atoms with Crippen LogP contribution in [0.4, 0.5) is 21.9 Å². The molecule has 3 heterocycles. The smallest absolute Gasteiger partial charge is 0.226 e. The van der Waals surface area contributed by atoms with Gasteiger partial charge in [-0.15, -0.1) is 0 Å². The molecule has 0 saturated heterocycles. The molecule has 0 unspecified atom stereocenters. The van der Waals surface area contributed by atoms with Crippen molar-refractivity contribution < 1.29 is 0 Å². The summed E-state index contributed by atoms with van der Waals surface area (Å²) in [4.78, 5) is 13.0. The Kier molecular flexibility index (Phi) is 5.07. The van der Waals surface area contributed by atoms with E-state index >= 15 is 0 Å². The van der Waals surface area contributed by atoms with E-state index < -0.39 is 0 Å². The van der Waals surface area contributed by atoms with Gasteiger partial charge >= 0.3 is 0 Å². The van der Waals surface area contributed by atoms with E-state index in [1.807, 2.05) is 12.1 Å². The number of nitrogens with one attached hydrogen (secondary N) is 2. The fourth-order valence-electron chi connectivity index (χ4n) is 2.54. The number of nitrogens with zero attached hydrogens (tertiary/aromatic N) is 5. The van der Waals surface area contributed by atoms with Crippen LogP contribution in [0.3, 0.4) is 0 Å². The number of thiazole rings is 1. The van der Waals surface area contributed by atoms with E-state index in [0.29, 0.717) is 56.4 Å². The number of anilines is 4. The molecule has 3 aromatic heterocycles. The lowest BCUT2D eigenvalue weighted by Crippen LogP contribution is -2.16. The standard InChI is InChI=1S/C16H15Cl2N9S/c17-8-1-2-9(10(18)5-8)11-6-12-23-7-24-27(12)15(25-11)21-3-4-22-16-26-13(19)14(20)28-16/h1-2,5-7H,3-4,19-20H2,(H,21,25)(H,22,26). The lowest BCUT2D eigenvalue weighted by molar-refractivity contribution is 0.906. The van der Waals surface area contributed by atoms with Crippen LogP contribution in [-0.4, -0.2) is 37.7 Å². The number of fused-ring (bicyclic) bond motifs is 1. The lowest BCUT2D eigenvalue weighted by Gasteiger charge is -2.11. The average Bonchev–Trinajstić information content (AvgIpc) is 3.25. The Morgan fingerprint density at radius 1 is 1.07 bits per heavy atom. The van der Waals surface area contributed by atoms with Crippen molar-refractivity contribution in [1.29, 1.82) is 0 Å². The molecule has 0 spiro atoms. The molecular weight excluding hydrogens is 421 g/mol. The van der Waals surface area contributed by atoms with E-state index in [1.165, 1.54) is 17.7 Å². The number of hydrogen-bond acceptors (Lipinski definition) is 9. The molecule has 0 aliphatic carbocycles. The predicted molar refractivity (Wildman–Crippen MR) is 114 cm³/mol. The minimum Gasteiger partial charge on any atom is -0.387 e. The molecule has 0 amide bonds. The van der Waals surface area contributed by atoms with Crippen LogP contribution in [-0.2, 0) is 0 Å². The minimum absolute atomic E-state index is 0.332. The van der Waals surface area contributed by atoms with Crippen LogP contribution in [0.1, 0.15) is 0 Å². The molecule has 4 rings (SSSR count). The van der Waals surface area contributed by atoms with E-state index in [4.69, 9.17) is 34.7 Å². The molecule has 6 N–H and O–H groups in total. The largest absolute Gasteiger partial charge is 0.387 e. The first-order valence-corrected chi connectivity index (χ1v) is 9.74. The first-order valence-electron chi connectivity index (χ1n) is 8.17. The molecule has 1 aromatic carbocycles. The Morgan fingerprint density at radius 2 is 1.89 bits per heavy atom. The van der Waals surface area contributed by atoms with Gasteiger partial charge in [0.15, 0.2) is 16.6 Å². The normalized spacial score (nSPS) is 11.1. The summed E-state index contributed by atoms with van der Waals surface area (Å²) in [5.74, 6) is 0.870. The number of benzene rings is 1. The summed E-state index contributed by atoms with van der Waals surface area (Å²) in [5, 5.41) is 12.8. The van der Waals surface area contributed by atoms with Crippen molar-refractivity contribution in [1.82, 2.24) is 24.6 Å². The highest BCUT2D eigenvalue weighted by atomic mass is 35.5. The molecule has 28 heavy (non-hydrogen) atoms. The number of nitrogens with two attached hydrogens (primary N) is 2. The zero-order valence-electron chi connectivity index (χ0n) is 14.4. The van der Waals surface area contributed by atoms with Gasteiger partial charge in [0.2, 0.25) is 5.95 Å². The van der Waals surface area contributed by atoms with Gasteiger partial charge in [0.05, 0.1) is 10.7 Å². The average molecular weight is 436 g/mol. The van der Waals surface area contributed by atoms with Gasteiger partial charge in [-0.1, -0.05) is 34.5 Å². The molecule has 0 fully saturated rings. The van der Waals surface area contributed by atoms with Crippen LogP contribution in [0.15, 0.2) is 30.6 Å². The molecule has 0 aliphatic heterocycles. The lowest BCUT2D eigenvalue weighted by atomic mass is 10.1. The van der Waals surface area contributed by atoms with Gasteiger partial charge in [0.25, 0.3) is 0 Å². The van der Waals surface area contributed by atoms with Crippen molar-refractivity contribution in [2.75, 3.05) is 35.2 Å². The van der Waals surface area contributed by atoms with Crippen LogP contribution >= 0.6 is 34.5 Å². The molecule has 0 saturated carbocycles. The van der Waals surface area contributed by atoms with Crippen molar-refractivity contribution in [3.8, 4) is 11.3 Å². The number of rotatable bonds is 6. The zero-order valence-corrected chi connectivity index (χ0v) is 16.7. The Morgan fingerprint density at radius 3 is 2.64 bits per heavy atom. The van der Waals surface area contributed by atoms with Gasteiger partial charge in [-0.25, -0.2) is 15.0 Å². The summed E-state index contributed by atoms with van der Waals surface area (Å²) in [6.07, 6.45) is 1.47. The van der Waals surface area contributed by atoms with Crippen molar-refractivity contribution in [2.45, 2.75) is 0 Å². The maximum atomic E-state index is 6.33. The van der Waals surface area contributed by atoms with Gasteiger partial charge in [-0.2, -0.15) is 9.61 Å². The maximum Gasteiger partial charge on any atom is 0.226 e. The van der Waals surface area contributed by atoms with Gasteiger partial charge in [0, 0.05) is 29.7 Å². The molecule has 0 atom stereocenters. The van der Waals surface area contributed by atoms with Gasteiger partial charge in [-0.05, 0) is 18.2 Å². The van der Waals surface area contributed by atoms with Gasteiger partial charge < -0.3 is 22.1 Å². The van der Waals surface area contributed by atoms with E-state index in [9.17, 15) is 0 Å². The molecule has 12 heteroatoms. The van der Waals surface area contributed by atoms with E-state index in [-0.39, 0.29) is 0 Å². The third kappa shape index (κ3) is 3.75. The number of hydrogen-bond donors (Lipinski definition) is 4. The summed E-state index contributed by atoms with van der Waals surface area (Å²) < 4.78 is 1.62. The second kappa shape index (κ2) is 7.66. The minimum atomic E-state index is 0.332. The summed E-state index contributed by atoms with van der Waals surface area (Å²) in [5.41, 5.74) is 13.4. The van der Waals surface area contributed by atoms with Gasteiger partial charge in [0.1, 0.15) is 11.3 Å². The quantitative estimate of drug-likeness (QED) is 0.339. The summed E-state index contributed by atoms with van der Waals surface area (Å²) in [6.45, 7) is 1.13. The van der Waals surface area contributed by atoms with Crippen LogP contribution in [0.25, 0.3) is 16.9 Å². The van der Waals surface area contributed by atoms with Crippen LogP contribution in [0, 0.1) is 0 Å². The summed E-state index contributed by atoms with van der Waals surface area (Å²) >= 11 is 13.6. The van der Waals surface area contributed by atoms with E-state index in [2.05, 4.69) is 30.7 Å². The Hall–Kier alpha value is -2.82. The zero-order chi connectivity index (χ0) is 19.7. The molecule has 144 valence electrons. The first kappa shape index (κ1) is 18.5. The highest BCUT2D eigenvalue weighted by Gasteiger charge is 2.12. The third-order valence-corrected chi connectivity index (χ3v) is 5.25. The third-order valence-electron chi connectivity index (χ3n) is 3.84. The fourth-order valence-corrected chi connectivity index (χ4v) is 3.72. The van der Waals surface area contributed by atoms with Crippen LogP contribution in [0.5, 0.6) is 0 Å². The van der Waals surface area contributed by atoms with E-state index in [1.54, 1.807) is 16.6 Å². The number of nitrogen functional groups attached to an aromatic ring is 2. The first-order chi connectivity index (χ1) is 13.5. The van der Waals surface area contributed by atoms with Crippen molar-refractivity contribution in [3.63, 3.8) is 0 Å². The summed E-state index contributed by atoms with van der Waals surface area (Å²) in [6, 6.07) is 7.08. The number of halogens is 2. The SMILES string of the molecule is Nc1nc(NCCNc2nc(-c3ccc(Cl)cc3Cl)cc3ncnn23)sc1N. The topological polar surface area (TPSA) is 132 Å². The van der Waals surface area contributed by atoms with Crippen LogP contribution < -0.4 is 22.1 Å². The van der Waals surface area contributed by atoms with E-state index in [0.717, 1.165) is 5.56 Å². The molecular formula is C16H15Cl2N9S. The monoisotopic (exact) mass is 435 g/mol. The summed E-state index contributed by atoms with van der Waals surface area (Å²) in [7, 11) is 0. The Balaban J connectivity index is 1.53. The van der Waals surface area contributed by atoms with Crippen molar-refractivity contribution >= 4 is 62.1 Å². The van der Waals surface area contributed by atoms with Crippen molar-refractivity contribution in [3.05, 3.63) is 40.6 Å². The molecule has 0 aliphatic rings. The highest BCUT2D eigenvalue weighted by molar-refractivity contribution is 7.19.